The van der Waals surface area contributed by atoms with E-state index < -0.39 is 0 Å². The molecule has 0 saturated heterocycles. The van der Waals surface area contributed by atoms with E-state index in [0.29, 0.717) is 11.6 Å². The van der Waals surface area contributed by atoms with Crippen LogP contribution in [0.5, 0.6) is 0 Å². The number of benzene rings is 2. The fraction of sp³-hybridized carbons (Fsp3) is 0.188. The molecule has 0 aromatic heterocycles. The largest absolute Gasteiger partial charge is 0.381 e. The van der Waals surface area contributed by atoms with Gasteiger partial charge in [-0.1, -0.05) is 23.7 Å². The van der Waals surface area contributed by atoms with Crippen LogP contribution in [0.3, 0.4) is 0 Å². The molecule has 0 aliphatic carbocycles. The number of hydrogen-bond acceptors (Lipinski definition) is 2. The number of halogens is 2. The van der Waals surface area contributed by atoms with Crippen molar-refractivity contribution in [3.63, 3.8) is 0 Å². The highest BCUT2D eigenvalue weighted by Crippen LogP contribution is 2.24. The van der Waals surface area contributed by atoms with E-state index in [4.69, 9.17) is 11.6 Å². The summed E-state index contributed by atoms with van der Waals surface area (Å²) in [4.78, 5) is 11.2. The molecule has 2 N–H and O–H groups in total. The lowest BCUT2D eigenvalue weighted by Crippen LogP contribution is -2.08. The first-order valence-electron chi connectivity index (χ1n) is 6.52. The van der Waals surface area contributed by atoms with Crippen LogP contribution in [0, 0.1) is 6.92 Å². The van der Waals surface area contributed by atoms with Crippen molar-refractivity contribution >= 4 is 44.8 Å². The second-order valence-corrected chi connectivity index (χ2v) is 6.07. The average Bonchev–Trinajstić information content (AvgIpc) is 2.43. The standard InChI is InChI=1S/C16H16BrClN2O/c1-10-3-5-13(8-16(10)20-11(2)21)19-9-12-4-6-14(17)15(18)7-12/h3-8,19H,9H2,1-2H3,(H,20,21). The molecule has 0 radical (unpaired) electrons. The second kappa shape index (κ2) is 6.96. The molecule has 0 spiro atoms. The Bertz CT molecular complexity index is 673. The summed E-state index contributed by atoms with van der Waals surface area (Å²) in [5, 5.41) is 6.84. The molecule has 21 heavy (non-hydrogen) atoms. The van der Waals surface area contributed by atoms with E-state index in [1.165, 1.54) is 6.92 Å². The summed E-state index contributed by atoms with van der Waals surface area (Å²) in [6, 6.07) is 11.7. The zero-order chi connectivity index (χ0) is 15.4. The van der Waals surface area contributed by atoms with Crippen LogP contribution in [-0.2, 0) is 11.3 Å². The van der Waals surface area contributed by atoms with Crippen molar-refractivity contribution in [2.75, 3.05) is 10.6 Å². The topological polar surface area (TPSA) is 41.1 Å². The number of carbonyl (C=O) groups excluding carboxylic acids is 1. The fourth-order valence-corrected chi connectivity index (χ4v) is 2.36. The van der Waals surface area contributed by atoms with Gasteiger partial charge in [0.1, 0.15) is 0 Å². The summed E-state index contributed by atoms with van der Waals surface area (Å²) in [7, 11) is 0. The Morgan fingerprint density at radius 1 is 1.24 bits per heavy atom. The number of anilines is 2. The predicted octanol–water partition coefficient (Wildman–Crippen LogP) is 4.98. The first-order chi connectivity index (χ1) is 9.95. The quantitative estimate of drug-likeness (QED) is 0.800. The second-order valence-electron chi connectivity index (χ2n) is 4.81. The van der Waals surface area contributed by atoms with Gasteiger partial charge in [-0.25, -0.2) is 0 Å². The highest BCUT2D eigenvalue weighted by Gasteiger charge is 2.03. The van der Waals surface area contributed by atoms with Crippen LogP contribution in [0.15, 0.2) is 40.9 Å². The number of amides is 1. The van der Waals surface area contributed by atoms with Gasteiger partial charge in [0.25, 0.3) is 0 Å². The molecule has 0 saturated carbocycles. The number of rotatable bonds is 4. The Kier molecular flexibility index (Phi) is 5.26. The smallest absolute Gasteiger partial charge is 0.221 e. The first-order valence-corrected chi connectivity index (χ1v) is 7.69. The Morgan fingerprint density at radius 3 is 2.67 bits per heavy atom. The Labute approximate surface area is 137 Å². The van der Waals surface area contributed by atoms with Gasteiger partial charge in [0.2, 0.25) is 5.91 Å². The van der Waals surface area contributed by atoms with Crippen molar-refractivity contribution in [2.24, 2.45) is 0 Å². The zero-order valence-electron chi connectivity index (χ0n) is 11.8. The van der Waals surface area contributed by atoms with Gasteiger partial charge in [0, 0.05) is 29.3 Å². The lowest BCUT2D eigenvalue weighted by atomic mass is 10.1. The first kappa shape index (κ1) is 15.9. The van der Waals surface area contributed by atoms with Gasteiger partial charge in [-0.15, -0.1) is 0 Å². The van der Waals surface area contributed by atoms with Crippen LogP contribution in [0.2, 0.25) is 5.02 Å². The van der Waals surface area contributed by atoms with Crippen LogP contribution in [0.25, 0.3) is 0 Å². The van der Waals surface area contributed by atoms with Crippen LogP contribution >= 0.6 is 27.5 Å². The van der Waals surface area contributed by atoms with Gasteiger partial charge < -0.3 is 10.6 Å². The van der Waals surface area contributed by atoms with Crippen molar-refractivity contribution in [3.05, 3.63) is 57.0 Å². The molecule has 2 aromatic rings. The monoisotopic (exact) mass is 366 g/mol. The molecule has 1 amide bonds. The van der Waals surface area contributed by atoms with E-state index in [1.54, 1.807) is 0 Å². The van der Waals surface area contributed by atoms with Crippen molar-refractivity contribution in [3.8, 4) is 0 Å². The SMILES string of the molecule is CC(=O)Nc1cc(NCc2ccc(Br)c(Cl)c2)ccc1C. The molecule has 0 atom stereocenters. The fourth-order valence-electron chi connectivity index (χ4n) is 1.91. The summed E-state index contributed by atoms with van der Waals surface area (Å²) >= 11 is 9.45. The van der Waals surface area contributed by atoms with E-state index >= 15 is 0 Å². The molecule has 0 unspecified atom stereocenters. The third-order valence-corrected chi connectivity index (χ3v) is 4.26. The molecule has 5 heteroatoms. The lowest BCUT2D eigenvalue weighted by Gasteiger charge is -2.11. The number of aryl methyl sites for hydroxylation is 1. The zero-order valence-corrected chi connectivity index (χ0v) is 14.2. The Balaban J connectivity index is 2.09. The molecule has 3 nitrogen and oxygen atoms in total. The average molecular weight is 368 g/mol. The number of carbonyl (C=O) groups is 1. The molecule has 110 valence electrons. The van der Waals surface area contributed by atoms with Gasteiger partial charge in [0.15, 0.2) is 0 Å². The minimum Gasteiger partial charge on any atom is -0.381 e. The number of nitrogens with one attached hydrogen (secondary N) is 2. The summed E-state index contributed by atoms with van der Waals surface area (Å²) in [5.41, 5.74) is 3.89. The lowest BCUT2D eigenvalue weighted by molar-refractivity contribution is -0.114. The van der Waals surface area contributed by atoms with Crippen LogP contribution in [0.1, 0.15) is 18.1 Å². The maximum Gasteiger partial charge on any atom is 0.221 e. The van der Waals surface area contributed by atoms with Gasteiger partial charge in [0.05, 0.1) is 5.02 Å². The highest BCUT2D eigenvalue weighted by molar-refractivity contribution is 9.10. The van der Waals surface area contributed by atoms with Crippen molar-refractivity contribution in [1.82, 2.24) is 0 Å². The number of hydrogen-bond donors (Lipinski definition) is 2. The summed E-state index contributed by atoms with van der Waals surface area (Å²) in [6.45, 7) is 4.13. The molecular weight excluding hydrogens is 352 g/mol. The van der Waals surface area contributed by atoms with Gasteiger partial charge in [-0.05, 0) is 58.2 Å². The van der Waals surface area contributed by atoms with Gasteiger partial charge in [-0.2, -0.15) is 0 Å². The maximum atomic E-state index is 11.2. The molecule has 0 aliphatic rings. The Morgan fingerprint density at radius 2 is 2.00 bits per heavy atom. The van der Waals surface area contributed by atoms with Crippen molar-refractivity contribution in [1.29, 1.82) is 0 Å². The maximum absolute atomic E-state index is 11.2. The van der Waals surface area contributed by atoms with Crippen LogP contribution < -0.4 is 10.6 Å². The van der Waals surface area contributed by atoms with Gasteiger partial charge in [-0.3, -0.25) is 4.79 Å². The van der Waals surface area contributed by atoms with Crippen LogP contribution in [0.4, 0.5) is 11.4 Å². The summed E-state index contributed by atoms with van der Waals surface area (Å²) in [6.07, 6.45) is 0. The van der Waals surface area contributed by atoms with E-state index in [9.17, 15) is 4.79 Å². The highest BCUT2D eigenvalue weighted by atomic mass is 79.9. The molecule has 0 bridgehead atoms. The molecule has 0 fully saturated rings. The third-order valence-electron chi connectivity index (χ3n) is 3.03. The van der Waals surface area contributed by atoms with E-state index in [2.05, 4.69) is 26.6 Å². The molecule has 0 heterocycles. The van der Waals surface area contributed by atoms with Gasteiger partial charge >= 0.3 is 0 Å². The summed E-state index contributed by atoms with van der Waals surface area (Å²) in [5.74, 6) is -0.0741. The normalized spacial score (nSPS) is 10.3. The third kappa shape index (κ3) is 4.48. The van der Waals surface area contributed by atoms with E-state index in [0.717, 1.165) is 27.0 Å². The predicted molar refractivity (Wildman–Crippen MR) is 92.0 cm³/mol. The molecular formula is C16H16BrClN2O. The summed E-state index contributed by atoms with van der Waals surface area (Å²) < 4.78 is 0.885. The van der Waals surface area contributed by atoms with E-state index in [-0.39, 0.29) is 5.91 Å². The Hall–Kier alpha value is -1.52. The van der Waals surface area contributed by atoms with Crippen molar-refractivity contribution in [2.45, 2.75) is 20.4 Å². The molecule has 2 aromatic carbocycles. The van der Waals surface area contributed by atoms with E-state index in [1.807, 2.05) is 43.3 Å². The van der Waals surface area contributed by atoms with Crippen molar-refractivity contribution < 1.29 is 4.79 Å². The minimum absolute atomic E-state index is 0.0741. The minimum atomic E-state index is -0.0741. The molecule has 2 rings (SSSR count). The molecule has 0 aliphatic heterocycles. The van der Waals surface area contributed by atoms with Crippen LogP contribution in [-0.4, -0.2) is 5.91 Å².